The molecule has 3 rings (SSSR count). The smallest absolute Gasteiger partial charge is 0.353 e. The molecule has 2 heterocycles. The van der Waals surface area contributed by atoms with Crippen LogP contribution in [-0.4, -0.2) is 39.7 Å². The SMILES string of the molecule is O=C(O)C1=C(CCNC(=O)c2ccccc2)S[C@H]2CC(=O)N12. The first-order valence-electron chi connectivity index (χ1n) is 6.86. The lowest BCUT2D eigenvalue weighted by Crippen LogP contribution is -2.48. The van der Waals surface area contributed by atoms with Gasteiger partial charge in [0.15, 0.2) is 0 Å². The molecule has 22 heavy (non-hydrogen) atoms. The number of carboxylic acids is 1. The highest BCUT2D eigenvalue weighted by Crippen LogP contribution is 2.47. The van der Waals surface area contributed by atoms with Gasteiger partial charge in [-0.1, -0.05) is 18.2 Å². The maximum absolute atomic E-state index is 11.9. The molecule has 1 aromatic carbocycles. The van der Waals surface area contributed by atoms with Gasteiger partial charge in [-0.25, -0.2) is 4.79 Å². The molecule has 0 spiro atoms. The first-order valence-corrected chi connectivity index (χ1v) is 7.74. The Bertz CT molecular complexity index is 671. The molecular formula is C15H14N2O4S. The monoisotopic (exact) mass is 318 g/mol. The predicted molar refractivity (Wildman–Crippen MR) is 80.9 cm³/mol. The lowest BCUT2D eigenvalue weighted by Gasteiger charge is -2.33. The van der Waals surface area contributed by atoms with Crippen LogP contribution in [0, 0.1) is 0 Å². The molecule has 0 saturated carbocycles. The van der Waals surface area contributed by atoms with Gasteiger partial charge in [-0.05, 0) is 18.6 Å². The van der Waals surface area contributed by atoms with E-state index < -0.39 is 5.97 Å². The van der Waals surface area contributed by atoms with E-state index in [0.717, 1.165) is 0 Å². The van der Waals surface area contributed by atoms with Crippen LogP contribution >= 0.6 is 11.8 Å². The van der Waals surface area contributed by atoms with Crippen LogP contribution in [0.15, 0.2) is 40.9 Å². The Hall–Kier alpha value is -2.28. The molecule has 7 heteroatoms. The molecule has 1 aromatic rings. The zero-order chi connectivity index (χ0) is 15.7. The van der Waals surface area contributed by atoms with Gasteiger partial charge in [-0.2, -0.15) is 0 Å². The van der Waals surface area contributed by atoms with Crippen LogP contribution in [0.25, 0.3) is 0 Å². The Labute approximate surface area is 131 Å². The molecule has 114 valence electrons. The van der Waals surface area contributed by atoms with Gasteiger partial charge in [0.25, 0.3) is 5.91 Å². The second-order valence-electron chi connectivity index (χ2n) is 4.99. The van der Waals surface area contributed by atoms with Crippen molar-refractivity contribution < 1.29 is 19.5 Å². The summed E-state index contributed by atoms with van der Waals surface area (Å²) in [7, 11) is 0. The lowest BCUT2D eigenvalue weighted by atomic mass is 10.1. The molecule has 1 saturated heterocycles. The first-order chi connectivity index (χ1) is 10.6. The number of fused-ring (bicyclic) bond motifs is 1. The molecule has 0 aromatic heterocycles. The Kier molecular flexibility index (Phi) is 3.89. The number of thioether (sulfide) groups is 1. The van der Waals surface area contributed by atoms with Crippen LogP contribution in [-0.2, 0) is 9.59 Å². The number of nitrogens with zero attached hydrogens (tertiary/aromatic N) is 1. The summed E-state index contributed by atoms with van der Waals surface area (Å²) in [5, 5.41) is 11.9. The van der Waals surface area contributed by atoms with Crippen LogP contribution in [0.1, 0.15) is 23.2 Å². The summed E-state index contributed by atoms with van der Waals surface area (Å²) in [6, 6.07) is 8.82. The van der Waals surface area contributed by atoms with Crippen molar-refractivity contribution in [1.82, 2.24) is 10.2 Å². The highest BCUT2D eigenvalue weighted by Gasteiger charge is 2.47. The van der Waals surface area contributed by atoms with Crippen molar-refractivity contribution in [2.45, 2.75) is 18.2 Å². The van der Waals surface area contributed by atoms with Crippen molar-refractivity contribution in [2.75, 3.05) is 6.54 Å². The molecule has 2 aliphatic rings. The van der Waals surface area contributed by atoms with Gasteiger partial charge < -0.3 is 10.4 Å². The maximum atomic E-state index is 11.9. The van der Waals surface area contributed by atoms with Crippen molar-refractivity contribution in [3.63, 3.8) is 0 Å². The van der Waals surface area contributed by atoms with Crippen molar-refractivity contribution >= 4 is 29.5 Å². The average Bonchev–Trinajstić information content (AvgIpc) is 2.80. The van der Waals surface area contributed by atoms with Crippen LogP contribution in [0.4, 0.5) is 0 Å². The summed E-state index contributed by atoms with van der Waals surface area (Å²) in [4.78, 5) is 36.7. The van der Waals surface area contributed by atoms with Crippen LogP contribution in [0.3, 0.4) is 0 Å². The van der Waals surface area contributed by atoms with Crippen LogP contribution in [0.5, 0.6) is 0 Å². The molecule has 2 aliphatic heterocycles. The Morgan fingerprint density at radius 3 is 2.68 bits per heavy atom. The summed E-state index contributed by atoms with van der Waals surface area (Å²) in [6.07, 6.45) is 0.784. The first kappa shape index (κ1) is 14.6. The minimum atomic E-state index is -1.09. The van der Waals surface area contributed by atoms with Gasteiger partial charge in [0, 0.05) is 17.0 Å². The molecule has 0 radical (unpaired) electrons. The van der Waals surface area contributed by atoms with Gasteiger partial charge in [0.2, 0.25) is 5.91 Å². The molecular weight excluding hydrogens is 304 g/mol. The van der Waals surface area contributed by atoms with E-state index in [0.29, 0.717) is 29.9 Å². The number of carbonyl (C=O) groups is 3. The predicted octanol–water partition coefficient (Wildman–Crippen LogP) is 1.41. The minimum absolute atomic E-state index is 0.0696. The van der Waals surface area contributed by atoms with Crippen LogP contribution < -0.4 is 5.32 Å². The Morgan fingerprint density at radius 2 is 2.05 bits per heavy atom. The zero-order valence-corrected chi connectivity index (χ0v) is 12.4. The fourth-order valence-electron chi connectivity index (χ4n) is 2.49. The molecule has 6 nitrogen and oxygen atoms in total. The van der Waals surface area contributed by atoms with Crippen LogP contribution in [0.2, 0.25) is 0 Å². The summed E-state index contributed by atoms with van der Waals surface area (Å²) < 4.78 is 0. The number of aliphatic carboxylic acids is 1. The highest BCUT2D eigenvalue weighted by molar-refractivity contribution is 8.04. The number of rotatable bonds is 5. The van der Waals surface area contributed by atoms with Crippen molar-refractivity contribution in [3.8, 4) is 0 Å². The molecule has 0 bridgehead atoms. The second-order valence-corrected chi connectivity index (χ2v) is 6.26. The van der Waals surface area contributed by atoms with E-state index in [1.54, 1.807) is 24.3 Å². The number of nitrogens with one attached hydrogen (secondary N) is 1. The fraction of sp³-hybridized carbons (Fsp3) is 0.267. The molecule has 0 unspecified atom stereocenters. The molecule has 0 aliphatic carbocycles. The van der Waals surface area contributed by atoms with Gasteiger partial charge in [-0.3, -0.25) is 14.5 Å². The lowest BCUT2D eigenvalue weighted by molar-refractivity contribution is -0.145. The quantitative estimate of drug-likeness (QED) is 0.802. The number of carbonyl (C=O) groups excluding carboxylic acids is 2. The van der Waals surface area contributed by atoms with Gasteiger partial charge in [0.05, 0.1) is 11.8 Å². The Morgan fingerprint density at radius 1 is 1.32 bits per heavy atom. The van der Waals surface area contributed by atoms with E-state index >= 15 is 0 Å². The number of carboxylic acid groups (broad SMARTS) is 1. The summed E-state index contributed by atoms with van der Waals surface area (Å²) in [5.41, 5.74) is 0.633. The van der Waals surface area contributed by atoms with E-state index in [1.165, 1.54) is 16.7 Å². The van der Waals surface area contributed by atoms with E-state index in [-0.39, 0.29) is 22.9 Å². The third-order valence-corrected chi connectivity index (χ3v) is 4.90. The largest absolute Gasteiger partial charge is 0.477 e. The minimum Gasteiger partial charge on any atom is -0.477 e. The highest BCUT2D eigenvalue weighted by atomic mass is 32.2. The summed E-state index contributed by atoms with van der Waals surface area (Å²) in [6.45, 7) is 0.335. The van der Waals surface area contributed by atoms with Gasteiger partial charge in [-0.15, -0.1) is 11.8 Å². The van der Waals surface area contributed by atoms with Gasteiger partial charge in [0.1, 0.15) is 5.70 Å². The molecule has 2 N–H and O–H groups in total. The van der Waals surface area contributed by atoms with E-state index in [1.807, 2.05) is 6.07 Å². The summed E-state index contributed by atoms with van der Waals surface area (Å²) in [5.74, 6) is -1.44. The number of benzene rings is 1. The standard InChI is InChI=1S/C15H14N2O4S/c18-11-8-12-17(11)13(15(20)21)10(22-12)6-7-16-14(19)9-4-2-1-3-5-9/h1-5,12H,6-8H2,(H,16,19)(H,20,21)/t12-/m0/s1. The Balaban J connectivity index is 1.61. The number of hydrogen-bond acceptors (Lipinski definition) is 4. The second kappa shape index (κ2) is 5.84. The average molecular weight is 318 g/mol. The van der Waals surface area contributed by atoms with E-state index in [2.05, 4.69) is 5.32 Å². The molecule has 1 atom stereocenters. The third kappa shape index (κ3) is 2.59. The van der Waals surface area contributed by atoms with Crippen molar-refractivity contribution in [1.29, 1.82) is 0 Å². The van der Waals surface area contributed by atoms with E-state index in [9.17, 15) is 19.5 Å². The topological polar surface area (TPSA) is 86.7 Å². The summed E-state index contributed by atoms with van der Waals surface area (Å²) >= 11 is 1.40. The van der Waals surface area contributed by atoms with Crippen molar-refractivity contribution in [3.05, 3.63) is 46.5 Å². The maximum Gasteiger partial charge on any atom is 0.353 e. The number of β-lactam (4-membered cyclic amide) rings is 1. The third-order valence-electron chi connectivity index (χ3n) is 3.57. The zero-order valence-electron chi connectivity index (χ0n) is 11.6. The van der Waals surface area contributed by atoms with Gasteiger partial charge >= 0.3 is 5.97 Å². The van der Waals surface area contributed by atoms with E-state index in [4.69, 9.17) is 0 Å². The fourth-order valence-corrected chi connectivity index (χ4v) is 3.89. The number of hydrogen-bond donors (Lipinski definition) is 2. The van der Waals surface area contributed by atoms with Crippen molar-refractivity contribution in [2.24, 2.45) is 0 Å². The number of amides is 2. The normalized spacial score (nSPS) is 19.7. The molecule has 2 amide bonds. The molecule has 1 fully saturated rings.